The SMILES string of the molecule is CN(CC1CCCOC1)c1ccc(C=O)cc1[N+](=O)[O-]. The molecule has 6 heteroatoms. The van der Waals surface area contributed by atoms with Crippen LogP contribution in [0.4, 0.5) is 11.4 Å². The van der Waals surface area contributed by atoms with Crippen LogP contribution in [0.2, 0.25) is 0 Å². The van der Waals surface area contributed by atoms with Gasteiger partial charge in [-0.05, 0) is 30.9 Å². The van der Waals surface area contributed by atoms with E-state index in [4.69, 9.17) is 4.74 Å². The minimum atomic E-state index is -0.448. The van der Waals surface area contributed by atoms with E-state index in [9.17, 15) is 14.9 Å². The van der Waals surface area contributed by atoms with Crippen molar-refractivity contribution in [1.82, 2.24) is 0 Å². The zero-order valence-corrected chi connectivity index (χ0v) is 11.4. The number of hydrogen-bond donors (Lipinski definition) is 0. The van der Waals surface area contributed by atoms with E-state index in [0.717, 1.165) is 19.4 Å². The molecule has 1 saturated heterocycles. The number of carbonyl (C=O) groups excluding carboxylic acids is 1. The van der Waals surface area contributed by atoms with E-state index in [1.807, 2.05) is 11.9 Å². The topological polar surface area (TPSA) is 72.7 Å². The van der Waals surface area contributed by atoms with Gasteiger partial charge in [-0.25, -0.2) is 0 Å². The molecule has 0 saturated carbocycles. The highest BCUT2D eigenvalue weighted by Gasteiger charge is 2.21. The Bertz CT molecular complexity index is 498. The third kappa shape index (κ3) is 3.33. The molecule has 0 amide bonds. The van der Waals surface area contributed by atoms with Crippen LogP contribution in [0.15, 0.2) is 18.2 Å². The number of nitro benzene ring substituents is 1. The maximum absolute atomic E-state index is 11.1. The van der Waals surface area contributed by atoms with Crippen LogP contribution in [-0.2, 0) is 4.74 Å². The Labute approximate surface area is 117 Å². The standard InChI is InChI=1S/C14H18N2O4/c1-15(8-12-3-2-6-20-10-12)13-5-4-11(9-17)7-14(13)16(18)19/h4-5,7,9,12H,2-3,6,8,10H2,1H3. The zero-order chi connectivity index (χ0) is 14.5. The molecule has 1 aliphatic rings. The van der Waals surface area contributed by atoms with E-state index in [1.54, 1.807) is 12.1 Å². The summed E-state index contributed by atoms with van der Waals surface area (Å²) in [7, 11) is 1.83. The second-order valence-electron chi connectivity index (χ2n) is 5.09. The fourth-order valence-corrected chi connectivity index (χ4v) is 2.52. The van der Waals surface area contributed by atoms with Crippen molar-refractivity contribution >= 4 is 17.7 Å². The Kier molecular flexibility index (Phi) is 4.68. The fraction of sp³-hybridized carbons (Fsp3) is 0.500. The lowest BCUT2D eigenvalue weighted by atomic mass is 10.0. The predicted molar refractivity (Wildman–Crippen MR) is 75.3 cm³/mol. The summed E-state index contributed by atoms with van der Waals surface area (Å²) in [5.41, 5.74) is 0.815. The Morgan fingerprint density at radius 3 is 2.95 bits per heavy atom. The zero-order valence-electron chi connectivity index (χ0n) is 11.4. The van der Waals surface area contributed by atoms with Gasteiger partial charge < -0.3 is 9.64 Å². The van der Waals surface area contributed by atoms with Crippen LogP contribution in [0.3, 0.4) is 0 Å². The van der Waals surface area contributed by atoms with Gasteiger partial charge in [-0.3, -0.25) is 14.9 Å². The normalized spacial score (nSPS) is 18.6. The molecule has 0 spiro atoms. The van der Waals surface area contributed by atoms with Crippen LogP contribution in [0.5, 0.6) is 0 Å². The summed E-state index contributed by atoms with van der Waals surface area (Å²) in [5.74, 6) is 0.388. The first kappa shape index (κ1) is 14.5. The molecular formula is C14H18N2O4. The number of nitro groups is 1. The molecule has 0 radical (unpaired) electrons. The largest absolute Gasteiger partial charge is 0.381 e. The molecule has 1 aromatic rings. The van der Waals surface area contributed by atoms with Crippen LogP contribution in [0, 0.1) is 16.0 Å². The Morgan fingerprint density at radius 2 is 2.35 bits per heavy atom. The molecule has 108 valence electrons. The minimum absolute atomic E-state index is 0.0335. The Hall–Kier alpha value is -1.95. The highest BCUT2D eigenvalue weighted by Crippen LogP contribution is 2.29. The van der Waals surface area contributed by atoms with Gasteiger partial charge in [-0.1, -0.05) is 0 Å². The maximum Gasteiger partial charge on any atom is 0.293 e. The molecule has 1 aromatic carbocycles. The average Bonchev–Trinajstić information content (AvgIpc) is 2.47. The van der Waals surface area contributed by atoms with Gasteiger partial charge in [0.2, 0.25) is 0 Å². The van der Waals surface area contributed by atoms with Gasteiger partial charge in [0, 0.05) is 31.8 Å². The third-order valence-corrected chi connectivity index (χ3v) is 3.53. The molecule has 1 aliphatic heterocycles. The van der Waals surface area contributed by atoms with Crippen LogP contribution in [0.1, 0.15) is 23.2 Å². The number of nitrogens with zero attached hydrogens (tertiary/aromatic N) is 2. The van der Waals surface area contributed by atoms with Crippen LogP contribution >= 0.6 is 0 Å². The average molecular weight is 278 g/mol. The van der Waals surface area contributed by atoms with Crippen molar-refractivity contribution in [2.75, 3.05) is 31.7 Å². The molecule has 0 aliphatic carbocycles. The molecular weight excluding hydrogens is 260 g/mol. The molecule has 0 bridgehead atoms. The Morgan fingerprint density at radius 1 is 1.55 bits per heavy atom. The molecule has 1 atom stereocenters. The van der Waals surface area contributed by atoms with Crippen molar-refractivity contribution in [2.24, 2.45) is 5.92 Å². The quantitative estimate of drug-likeness (QED) is 0.469. The summed E-state index contributed by atoms with van der Waals surface area (Å²) < 4.78 is 5.43. The van der Waals surface area contributed by atoms with E-state index in [1.165, 1.54) is 6.07 Å². The van der Waals surface area contributed by atoms with Gasteiger partial charge in [0.05, 0.1) is 11.5 Å². The van der Waals surface area contributed by atoms with E-state index in [0.29, 0.717) is 36.6 Å². The summed E-state index contributed by atoms with van der Waals surface area (Å²) in [6, 6.07) is 4.55. The summed E-state index contributed by atoms with van der Waals surface area (Å²) in [6.07, 6.45) is 2.72. The first-order chi connectivity index (χ1) is 9.61. The van der Waals surface area contributed by atoms with Gasteiger partial charge in [0.15, 0.2) is 0 Å². The molecule has 2 rings (SSSR count). The van der Waals surface area contributed by atoms with Crippen molar-refractivity contribution < 1.29 is 14.5 Å². The monoisotopic (exact) mass is 278 g/mol. The van der Waals surface area contributed by atoms with E-state index < -0.39 is 4.92 Å². The van der Waals surface area contributed by atoms with Crippen molar-refractivity contribution in [3.05, 3.63) is 33.9 Å². The second-order valence-corrected chi connectivity index (χ2v) is 5.09. The summed E-state index contributed by atoms with van der Waals surface area (Å²) in [6.45, 7) is 2.21. The van der Waals surface area contributed by atoms with Crippen LogP contribution in [0.25, 0.3) is 0 Å². The number of benzene rings is 1. The summed E-state index contributed by atoms with van der Waals surface area (Å²) in [5, 5.41) is 11.1. The van der Waals surface area contributed by atoms with Crippen molar-refractivity contribution in [1.29, 1.82) is 0 Å². The fourth-order valence-electron chi connectivity index (χ4n) is 2.52. The molecule has 6 nitrogen and oxygen atoms in total. The molecule has 1 unspecified atom stereocenters. The number of rotatable bonds is 5. The third-order valence-electron chi connectivity index (χ3n) is 3.53. The predicted octanol–water partition coefficient (Wildman–Crippen LogP) is 2.27. The van der Waals surface area contributed by atoms with Gasteiger partial charge in [-0.15, -0.1) is 0 Å². The number of carbonyl (C=O) groups is 1. The van der Waals surface area contributed by atoms with E-state index >= 15 is 0 Å². The molecule has 1 fully saturated rings. The highest BCUT2D eigenvalue weighted by atomic mass is 16.6. The molecule has 1 heterocycles. The van der Waals surface area contributed by atoms with E-state index in [2.05, 4.69) is 0 Å². The second kappa shape index (κ2) is 6.47. The highest BCUT2D eigenvalue weighted by molar-refractivity contribution is 5.79. The van der Waals surface area contributed by atoms with Crippen LogP contribution < -0.4 is 4.90 Å². The minimum Gasteiger partial charge on any atom is -0.381 e. The van der Waals surface area contributed by atoms with Gasteiger partial charge in [0.1, 0.15) is 12.0 Å². The number of ether oxygens (including phenoxy) is 1. The summed E-state index contributed by atoms with van der Waals surface area (Å²) >= 11 is 0. The van der Waals surface area contributed by atoms with Gasteiger partial charge in [0.25, 0.3) is 5.69 Å². The maximum atomic E-state index is 11.1. The lowest BCUT2D eigenvalue weighted by Gasteiger charge is -2.28. The molecule has 0 N–H and O–H groups in total. The lowest BCUT2D eigenvalue weighted by molar-refractivity contribution is -0.384. The van der Waals surface area contributed by atoms with Gasteiger partial charge >= 0.3 is 0 Å². The molecule has 20 heavy (non-hydrogen) atoms. The molecule has 0 aromatic heterocycles. The van der Waals surface area contributed by atoms with E-state index in [-0.39, 0.29) is 5.69 Å². The van der Waals surface area contributed by atoms with Crippen molar-refractivity contribution in [2.45, 2.75) is 12.8 Å². The first-order valence-corrected chi connectivity index (χ1v) is 6.64. The number of anilines is 1. The van der Waals surface area contributed by atoms with Crippen molar-refractivity contribution in [3.63, 3.8) is 0 Å². The number of hydrogen-bond acceptors (Lipinski definition) is 5. The summed E-state index contributed by atoms with van der Waals surface area (Å²) in [4.78, 5) is 23.3. The first-order valence-electron chi connectivity index (χ1n) is 6.64. The lowest BCUT2D eigenvalue weighted by Crippen LogP contribution is -2.31. The number of aldehydes is 1. The smallest absolute Gasteiger partial charge is 0.293 e. The van der Waals surface area contributed by atoms with Crippen molar-refractivity contribution in [3.8, 4) is 0 Å². The Balaban J connectivity index is 2.17. The van der Waals surface area contributed by atoms with Gasteiger partial charge in [-0.2, -0.15) is 0 Å². The van der Waals surface area contributed by atoms with Crippen LogP contribution in [-0.4, -0.2) is 38.0 Å².